The van der Waals surface area contributed by atoms with E-state index in [1.807, 2.05) is 0 Å². The van der Waals surface area contributed by atoms with Crippen LogP contribution in [0.25, 0.3) is 0 Å². The molecule has 0 aliphatic heterocycles. The summed E-state index contributed by atoms with van der Waals surface area (Å²) in [5.41, 5.74) is 2.45. The molecule has 8 heteroatoms. The van der Waals surface area contributed by atoms with Gasteiger partial charge in [-0.05, 0) is 43.3 Å². The van der Waals surface area contributed by atoms with Gasteiger partial charge >= 0.3 is 0 Å². The van der Waals surface area contributed by atoms with Crippen molar-refractivity contribution in [2.75, 3.05) is 16.0 Å². The van der Waals surface area contributed by atoms with Crippen molar-refractivity contribution in [1.29, 1.82) is 0 Å². The molecule has 0 radical (unpaired) electrons. The van der Waals surface area contributed by atoms with Crippen molar-refractivity contribution in [3.8, 4) is 0 Å². The Kier molecular flexibility index (Phi) is 5.94. The first kappa shape index (κ1) is 19.7. The lowest BCUT2D eigenvalue weighted by molar-refractivity contribution is -0.114. The SMILES string of the molecule is CC(=O)Nc1cccc(Nc2nccc(C(=O)Nc3cccc(C(C)=O)c3)n2)c1. The highest BCUT2D eigenvalue weighted by Gasteiger charge is 2.11. The van der Waals surface area contributed by atoms with Gasteiger partial charge < -0.3 is 16.0 Å². The van der Waals surface area contributed by atoms with Gasteiger partial charge in [-0.2, -0.15) is 0 Å². The highest BCUT2D eigenvalue weighted by Crippen LogP contribution is 2.18. The Hall–Kier alpha value is -4.07. The summed E-state index contributed by atoms with van der Waals surface area (Å²) in [4.78, 5) is 43.5. The van der Waals surface area contributed by atoms with Gasteiger partial charge in [0.2, 0.25) is 11.9 Å². The molecule has 0 saturated heterocycles. The van der Waals surface area contributed by atoms with Crippen LogP contribution in [-0.4, -0.2) is 27.6 Å². The molecule has 0 bridgehead atoms. The Balaban J connectivity index is 1.74. The number of aromatic nitrogens is 2. The van der Waals surface area contributed by atoms with Gasteiger partial charge in [0.05, 0.1) is 0 Å². The van der Waals surface area contributed by atoms with Gasteiger partial charge in [0.25, 0.3) is 5.91 Å². The molecule has 2 aromatic carbocycles. The molecular formula is C21H19N5O3. The highest BCUT2D eigenvalue weighted by molar-refractivity contribution is 6.04. The van der Waals surface area contributed by atoms with E-state index in [-0.39, 0.29) is 23.3 Å². The fourth-order valence-corrected chi connectivity index (χ4v) is 2.56. The number of hydrogen-bond acceptors (Lipinski definition) is 6. The lowest BCUT2D eigenvalue weighted by Gasteiger charge is -2.09. The number of carbonyl (C=O) groups excluding carboxylic acids is 3. The molecule has 0 spiro atoms. The van der Waals surface area contributed by atoms with Gasteiger partial charge in [0, 0.05) is 35.7 Å². The Labute approximate surface area is 167 Å². The Morgan fingerprint density at radius 3 is 2.24 bits per heavy atom. The van der Waals surface area contributed by atoms with Gasteiger partial charge in [-0.1, -0.05) is 18.2 Å². The number of anilines is 4. The maximum absolute atomic E-state index is 12.5. The fraction of sp³-hybridized carbons (Fsp3) is 0.0952. The number of hydrogen-bond donors (Lipinski definition) is 3. The van der Waals surface area contributed by atoms with E-state index in [0.717, 1.165) is 0 Å². The fourth-order valence-electron chi connectivity index (χ4n) is 2.56. The van der Waals surface area contributed by atoms with Crippen LogP contribution in [0.5, 0.6) is 0 Å². The van der Waals surface area contributed by atoms with Crippen molar-refractivity contribution in [1.82, 2.24) is 9.97 Å². The Morgan fingerprint density at radius 1 is 0.828 bits per heavy atom. The summed E-state index contributed by atoms with van der Waals surface area (Å²) in [7, 11) is 0. The van der Waals surface area contributed by atoms with Crippen molar-refractivity contribution in [3.63, 3.8) is 0 Å². The van der Waals surface area contributed by atoms with Crippen molar-refractivity contribution in [2.24, 2.45) is 0 Å². The van der Waals surface area contributed by atoms with Crippen LogP contribution in [0.1, 0.15) is 34.7 Å². The predicted octanol–water partition coefficient (Wildman–Crippen LogP) is 3.63. The third kappa shape index (κ3) is 5.46. The van der Waals surface area contributed by atoms with Crippen molar-refractivity contribution >= 4 is 40.6 Å². The third-order valence-corrected chi connectivity index (χ3v) is 3.85. The molecule has 146 valence electrons. The minimum absolute atomic E-state index is 0.0869. The quantitative estimate of drug-likeness (QED) is 0.555. The van der Waals surface area contributed by atoms with Crippen LogP contribution in [0.15, 0.2) is 60.8 Å². The predicted molar refractivity (Wildman–Crippen MR) is 110 cm³/mol. The van der Waals surface area contributed by atoms with Gasteiger partial charge in [-0.25, -0.2) is 9.97 Å². The number of ketones is 1. The lowest BCUT2D eigenvalue weighted by atomic mass is 10.1. The highest BCUT2D eigenvalue weighted by atomic mass is 16.2. The first-order valence-corrected chi connectivity index (χ1v) is 8.81. The molecule has 0 saturated carbocycles. The van der Waals surface area contributed by atoms with E-state index in [4.69, 9.17) is 0 Å². The summed E-state index contributed by atoms with van der Waals surface area (Å²) in [6.45, 7) is 2.89. The number of benzene rings is 2. The van der Waals surface area contributed by atoms with Crippen molar-refractivity contribution in [2.45, 2.75) is 13.8 Å². The number of Topliss-reactive ketones (excluding diaryl/α,β-unsaturated/α-hetero) is 1. The van der Waals surface area contributed by atoms with E-state index in [2.05, 4.69) is 25.9 Å². The number of nitrogens with zero attached hydrogens (tertiary/aromatic N) is 2. The van der Waals surface area contributed by atoms with Gasteiger partial charge in [-0.15, -0.1) is 0 Å². The van der Waals surface area contributed by atoms with E-state index in [0.29, 0.717) is 22.6 Å². The molecule has 0 aliphatic rings. The van der Waals surface area contributed by atoms with Crippen LogP contribution in [0, 0.1) is 0 Å². The molecule has 0 aliphatic carbocycles. The normalized spacial score (nSPS) is 10.1. The summed E-state index contributed by atoms with van der Waals surface area (Å²) < 4.78 is 0. The van der Waals surface area contributed by atoms with E-state index in [9.17, 15) is 14.4 Å². The van der Waals surface area contributed by atoms with E-state index in [1.165, 1.54) is 26.1 Å². The maximum Gasteiger partial charge on any atom is 0.274 e. The molecule has 1 heterocycles. The van der Waals surface area contributed by atoms with E-state index >= 15 is 0 Å². The largest absolute Gasteiger partial charge is 0.326 e. The molecule has 3 rings (SSSR count). The average molecular weight is 389 g/mol. The van der Waals surface area contributed by atoms with Crippen molar-refractivity contribution in [3.05, 3.63) is 72.1 Å². The zero-order valence-corrected chi connectivity index (χ0v) is 15.9. The van der Waals surface area contributed by atoms with Crippen LogP contribution in [0.2, 0.25) is 0 Å². The van der Waals surface area contributed by atoms with Crippen molar-refractivity contribution < 1.29 is 14.4 Å². The average Bonchev–Trinajstić information content (AvgIpc) is 2.68. The summed E-state index contributed by atoms with van der Waals surface area (Å²) >= 11 is 0. The molecule has 3 aromatic rings. The number of amides is 2. The summed E-state index contributed by atoms with van der Waals surface area (Å²) in [6.07, 6.45) is 1.47. The summed E-state index contributed by atoms with van der Waals surface area (Å²) in [6, 6.07) is 15.2. The maximum atomic E-state index is 12.5. The standard InChI is InChI=1S/C21H19N5O3/c1-13(27)15-5-3-6-16(11-15)24-20(29)19-9-10-22-21(26-19)25-18-8-4-7-17(12-18)23-14(2)28/h3-12H,1-2H3,(H,23,28)(H,24,29)(H,22,25,26). The van der Waals surface area contributed by atoms with Gasteiger partial charge in [0.15, 0.2) is 5.78 Å². The van der Waals surface area contributed by atoms with Crippen LogP contribution in [0.3, 0.4) is 0 Å². The smallest absolute Gasteiger partial charge is 0.274 e. The second kappa shape index (κ2) is 8.75. The molecule has 0 fully saturated rings. The third-order valence-electron chi connectivity index (χ3n) is 3.85. The summed E-state index contributed by atoms with van der Waals surface area (Å²) in [5, 5.41) is 8.41. The minimum atomic E-state index is -0.428. The second-order valence-electron chi connectivity index (χ2n) is 6.24. The van der Waals surface area contributed by atoms with Crippen LogP contribution in [0.4, 0.5) is 23.0 Å². The molecule has 1 aromatic heterocycles. The first-order valence-electron chi connectivity index (χ1n) is 8.81. The lowest BCUT2D eigenvalue weighted by Crippen LogP contribution is -2.15. The summed E-state index contributed by atoms with van der Waals surface area (Å²) in [5.74, 6) is -0.458. The van der Waals surface area contributed by atoms with Crippen LogP contribution < -0.4 is 16.0 Å². The molecule has 8 nitrogen and oxygen atoms in total. The number of carbonyl (C=O) groups is 3. The number of rotatable bonds is 6. The van der Waals surface area contributed by atoms with E-state index in [1.54, 1.807) is 48.5 Å². The molecular weight excluding hydrogens is 370 g/mol. The zero-order valence-electron chi connectivity index (χ0n) is 15.9. The molecule has 29 heavy (non-hydrogen) atoms. The van der Waals surface area contributed by atoms with Crippen LogP contribution in [-0.2, 0) is 4.79 Å². The second-order valence-corrected chi connectivity index (χ2v) is 6.24. The van der Waals surface area contributed by atoms with E-state index < -0.39 is 5.91 Å². The Bertz CT molecular complexity index is 1080. The molecule has 0 atom stereocenters. The topological polar surface area (TPSA) is 113 Å². The zero-order chi connectivity index (χ0) is 20.8. The Morgan fingerprint density at radius 2 is 1.52 bits per heavy atom. The molecule has 0 unspecified atom stereocenters. The monoisotopic (exact) mass is 389 g/mol. The molecule has 3 N–H and O–H groups in total. The number of nitrogens with one attached hydrogen (secondary N) is 3. The van der Waals surface area contributed by atoms with Gasteiger partial charge in [0.1, 0.15) is 5.69 Å². The van der Waals surface area contributed by atoms with Crippen LogP contribution >= 0.6 is 0 Å². The van der Waals surface area contributed by atoms with Gasteiger partial charge in [-0.3, -0.25) is 14.4 Å². The minimum Gasteiger partial charge on any atom is -0.326 e. The first-order chi connectivity index (χ1) is 13.9. The molecule has 2 amide bonds.